The molecule has 0 aliphatic carbocycles. The molecule has 154 valence electrons. The van der Waals surface area contributed by atoms with Gasteiger partial charge in [-0.1, -0.05) is 36.4 Å². The summed E-state index contributed by atoms with van der Waals surface area (Å²) in [7, 11) is 0. The minimum Gasteiger partial charge on any atom is -0.349 e. The van der Waals surface area contributed by atoms with Crippen molar-refractivity contribution in [1.82, 2.24) is 20.0 Å². The molecule has 0 saturated carbocycles. The summed E-state index contributed by atoms with van der Waals surface area (Å²) in [4.78, 5) is 26.9. The maximum Gasteiger partial charge on any atom is 0.254 e. The van der Waals surface area contributed by atoms with E-state index in [1.807, 2.05) is 60.7 Å². The Balaban J connectivity index is 1.23. The van der Waals surface area contributed by atoms with Crippen LogP contribution in [0.5, 0.6) is 0 Å². The molecule has 0 bridgehead atoms. The third-order valence-corrected chi connectivity index (χ3v) is 5.21. The first-order valence-electron chi connectivity index (χ1n) is 10.2. The zero-order valence-corrected chi connectivity index (χ0v) is 16.7. The van der Waals surface area contributed by atoms with E-state index in [1.54, 1.807) is 17.1 Å². The van der Waals surface area contributed by atoms with Gasteiger partial charge in [-0.3, -0.25) is 14.5 Å². The van der Waals surface area contributed by atoms with Crippen molar-refractivity contribution in [3.8, 4) is 5.69 Å². The predicted molar refractivity (Wildman–Crippen MR) is 116 cm³/mol. The molecule has 1 aliphatic rings. The number of aromatic nitrogens is 2. The van der Waals surface area contributed by atoms with E-state index in [9.17, 15) is 9.59 Å². The standard InChI is InChI=1S/C23H25N5O2/c29-22(25-19-7-3-1-4-8-19)17-27-13-11-20(12-14-27)26-23(30)18-15-24-28(16-18)21-9-5-2-6-10-21/h1-10,15-16,20H,11-14,17H2,(H,25,29)(H,26,30). The Morgan fingerprint density at radius 2 is 1.63 bits per heavy atom. The number of hydrogen-bond acceptors (Lipinski definition) is 4. The molecule has 7 heteroatoms. The van der Waals surface area contributed by atoms with Crippen molar-refractivity contribution < 1.29 is 9.59 Å². The molecule has 30 heavy (non-hydrogen) atoms. The number of nitrogens with one attached hydrogen (secondary N) is 2. The monoisotopic (exact) mass is 403 g/mol. The van der Waals surface area contributed by atoms with Gasteiger partial charge in [-0.25, -0.2) is 4.68 Å². The van der Waals surface area contributed by atoms with Gasteiger partial charge < -0.3 is 10.6 Å². The van der Waals surface area contributed by atoms with Crippen molar-refractivity contribution in [2.75, 3.05) is 25.0 Å². The second-order valence-corrected chi connectivity index (χ2v) is 7.45. The van der Waals surface area contributed by atoms with Crippen LogP contribution in [0.15, 0.2) is 73.1 Å². The van der Waals surface area contributed by atoms with Crippen molar-refractivity contribution in [2.45, 2.75) is 18.9 Å². The Bertz CT molecular complexity index is 979. The van der Waals surface area contributed by atoms with Crippen molar-refractivity contribution in [3.63, 3.8) is 0 Å². The molecule has 2 aromatic carbocycles. The van der Waals surface area contributed by atoms with Gasteiger partial charge in [0.15, 0.2) is 0 Å². The van der Waals surface area contributed by atoms with Crippen molar-refractivity contribution in [3.05, 3.63) is 78.6 Å². The molecule has 1 aliphatic heterocycles. The molecular weight excluding hydrogens is 378 g/mol. The Hall–Kier alpha value is -3.45. The molecule has 0 unspecified atom stereocenters. The first-order chi connectivity index (χ1) is 14.7. The van der Waals surface area contributed by atoms with Gasteiger partial charge in [0.1, 0.15) is 0 Å². The second-order valence-electron chi connectivity index (χ2n) is 7.45. The number of para-hydroxylation sites is 2. The van der Waals surface area contributed by atoms with Gasteiger partial charge in [-0.05, 0) is 37.1 Å². The number of piperidine rings is 1. The summed E-state index contributed by atoms with van der Waals surface area (Å²) in [6, 6.07) is 19.3. The van der Waals surface area contributed by atoms with E-state index < -0.39 is 0 Å². The lowest BCUT2D eigenvalue weighted by Crippen LogP contribution is -2.46. The number of hydrogen-bond donors (Lipinski definition) is 2. The molecule has 0 spiro atoms. The molecule has 1 saturated heterocycles. The van der Waals surface area contributed by atoms with Gasteiger partial charge >= 0.3 is 0 Å². The Morgan fingerprint density at radius 3 is 2.33 bits per heavy atom. The van der Waals surface area contributed by atoms with E-state index in [-0.39, 0.29) is 17.9 Å². The number of anilines is 1. The SMILES string of the molecule is O=C(CN1CCC(NC(=O)c2cnn(-c3ccccc3)c2)CC1)Nc1ccccc1. The van der Waals surface area contributed by atoms with Crippen molar-refractivity contribution >= 4 is 17.5 Å². The number of rotatable bonds is 6. The number of carbonyl (C=O) groups excluding carboxylic acids is 2. The third kappa shape index (κ3) is 5.12. The van der Waals surface area contributed by atoms with Gasteiger partial charge in [0.05, 0.1) is 24.0 Å². The van der Waals surface area contributed by atoms with Crippen LogP contribution in [0.3, 0.4) is 0 Å². The van der Waals surface area contributed by atoms with Crippen LogP contribution in [0, 0.1) is 0 Å². The molecule has 7 nitrogen and oxygen atoms in total. The van der Waals surface area contributed by atoms with Crippen LogP contribution in [0.4, 0.5) is 5.69 Å². The molecule has 2 heterocycles. The highest BCUT2D eigenvalue weighted by Gasteiger charge is 2.23. The molecule has 2 N–H and O–H groups in total. The molecule has 1 fully saturated rings. The van der Waals surface area contributed by atoms with Crippen LogP contribution in [-0.2, 0) is 4.79 Å². The van der Waals surface area contributed by atoms with Crippen LogP contribution < -0.4 is 10.6 Å². The fourth-order valence-electron chi connectivity index (χ4n) is 3.59. The summed E-state index contributed by atoms with van der Waals surface area (Å²) >= 11 is 0. The van der Waals surface area contributed by atoms with E-state index in [0.717, 1.165) is 37.3 Å². The van der Waals surface area contributed by atoms with E-state index >= 15 is 0 Å². The number of nitrogens with zero attached hydrogens (tertiary/aromatic N) is 3. The summed E-state index contributed by atoms with van der Waals surface area (Å²) in [5.74, 6) is -0.130. The van der Waals surface area contributed by atoms with Gasteiger partial charge in [0, 0.05) is 31.0 Å². The second kappa shape index (κ2) is 9.37. The summed E-state index contributed by atoms with van der Waals surface area (Å²) in [6.45, 7) is 1.91. The highest BCUT2D eigenvalue weighted by atomic mass is 16.2. The maximum absolute atomic E-state index is 12.6. The topological polar surface area (TPSA) is 79.3 Å². The third-order valence-electron chi connectivity index (χ3n) is 5.21. The van der Waals surface area contributed by atoms with E-state index in [0.29, 0.717) is 12.1 Å². The van der Waals surface area contributed by atoms with Gasteiger partial charge in [-0.2, -0.15) is 5.10 Å². The molecule has 0 radical (unpaired) electrons. The summed E-state index contributed by atoms with van der Waals surface area (Å²) < 4.78 is 1.70. The highest BCUT2D eigenvalue weighted by molar-refractivity contribution is 5.94. The van der Waals surface area contributed by atoms with Gasteiger partial charge in [0.25, 0.3) is 5.91 Å². The Morgan fingerprint density at radius 1 is 0.967 bits per heavy atom. The largest absolute Gasteiger partial charge is 0.349 e. The zero-order chi connectivity index (χ0) is 20.8. The average molecular weight is 403 g/mol. The lowest BCUT2D eigenvalue weighted by Gasteiger charge is -2.31. The van der Waals surface area contributed by atoms with Crippen LogP contribution in [0.25, 0.3) is 5.69 Å². The summed E-state index contributed by atoms with van der Waals surface area (Å²) in [5.41, 5.74) is 2.27. The minimum atomic E-state index is -0.113. The van der Waals surface area contributed by atoms with Crippen LogP contribution in [-0.4, -0.2) is 52.2 Å². The van der Waals surface area contributed by atoms with E-state index in [2.05, 4.69) is 20.6 Å². The normalized spacial score (nSPS) is 14.9. The molecule has 4 rings (SSSR count). The van der Waals surface area contributed by atoms with Crippen LogP contribution in [0.1, 0.15) is 23.2 Å². The lowest BCUT2D eigenvalue weighted by molar-refractivity contribution is -0.117. The Labute approximate surface area is 175 Å². The predicted octanol–water partition coefficient (Wildman–Crippen LogP) is 2.71. The summed E-state index contributed by atoms with van der Waals surface area (Å²) in [6.07, 6.45) is 4.97. The van der Waals surface area contributed by atoms with E-state index in [4.69, 9.17) is 0 Å². The lowest BCUT2D eigenvalue weighted by atomic mass is 10.0. The first kappa shape index (κ1) is 19.8. The quantitative estimate of drug-likeness (QED) is 0.663. The number of amides is 2. The summed E-state index contributed by atoms with van der Waals surface area (Å²) in [5, 5.41) is 10.3. The molecule has 2 amide bonds. The highest BCUT2D eigenvalue weighted by Crippen LogP contribution is 2.13. The van der Waals surface area contributed by atoms with Gasteiger partial charge in [-0.15, -0.1) is 0 Å². The Kier molecular flexibility index (Phi) is 6.20. The van der Waals surface area contributed by atoms with Crippen molar-refractivity contribution in [2.24, 2.45) is 0 Å². The fraction of sp³-hybridized carbons (Fsp3) is 0.261. The molecule has 0 atom stereocenters. The number of benzene rings is 2. The molecule has 3 aromatic rings. The smallest absolute Gasteiger partial charge is 0.254 e. The fourth-order valence-corrected chi connectivity index (χ4v) is 3.59. The molecular formula is C23H25N5O2. The minimum absolute atomic E-state index is 0.0167. The zero-order valence-electron chi connectivity index (χ0n) is 16.7. The number of likely N-dealkylation sites (tertiary alicyclic amines) is 1. The van der Waals surface area contributed by atoms with Gasteiger partial charge in [0.2, 0.25) is 5.91 Å². The van der Waals surface area contributed by atoms with Crippen molar-refractivity contribution in [1.29, 1.82) is 0 Å². The molecule has 1 aromatic heterocycles. The maximum atomic E-state index is 12.6. The number of carbonyl (C=O) groups is 2. The average Bonchev–Trinajstić information content (AvgIpc) is 3.27. The first-order valence-corrected chi connectivity index (χ1v) is 10.2. The van der Waals surface area contributed by atoms with Crippen LogP contribution >= 0.6 is 0 Å². The van der Waals surface area contributed by atoms with Crippen LogP contribution in [0.2, 0.25) is 0 Å². The van der Waals surface area contributed by atoms with E-state index in [1.165, 1.54) is 0 Å².